The van der Waals surface area contributed by atoms with Gasteiger partial charge < -0.3 is 4.74 Å². The lowest BCUT2D eigenvalue weighted by molar-refractivity contribution is 0.179. The smallest absolute Gasteiger partial charge is 0.155 e. The van der Waals surface area contributed by atoms with Crippen molar-refractivity contribution in [3.8, 4) is 11.1 Å². The second-order valence-corrected chi connectivity index (χ2v) is 5.60. The van der Waals surface area contributed by atoms with Crippen molar-refractivity contribution in [2.24, 2.45) is 0 Å². The number of H-pyrrole nitrogens is 1. The number of ether oxygens (including phenoxy) is 1. The van der Waals surface area contributed by atoms with Gasteiger partial charge in [0.05, 0.1) is 12.8 Å². The van der Waals surface area contributed by atoms with Crippen LogP contribution in [0.4, 0.5) is 0 Å². The van der Waals surface area contributed by atoms with Crippen molar-refractivity contribution in [1.82, 2.24) is 15.2 Å². The van der Waals surface area contributed by atoms with Crippen molar-refractivity contribution >= 4 is 11.0 Å². The van der Waals surface area contributed by atoms with Crippen LogP contribution in [0.25, 0.3) is 22.2 Å². The second-order valence-electron chi connectivity index (χ2n) is 5.60. The van der Waals surface area contributed by atoms with E-state index in [0.29, 0.717) is 5.92 Å². The molecule has 3 aromatic rings. The zero-order chi connectivity index (χ0) is 14.2. The molecule has 1 aromatic carbocycles. The minimum Gasteiger partial charge on any atom is -0.384 e. The Morgan fingerprint density at radius 2 is 2.29 bits per heavy atom. The third-order valence-corrected chi connectivity index (χ3v) is 4.38. The van der Waals surface area contributed by atoms with Crippen molar-refractivity contribution in [2.45, 2.75) is 18.8 Å². The van der Waals surface area contributed by atoms with E-state index in [1.165, 1.54) is 28.7 Å². The summed E-state index contributed by atoms with van der Waals surface area (Å²) in [6.07, 6.45) is 6.01. The fourth-order valence-electron chi connectivity index (χ4n) is 3.33. The molecule has 2 aromatic heterocycles. The van der Waals surface area contributed by atoms with Crippen LogP contribution in [0.15, 0.2) is 36.7 Å². The third kappa shape index (κ3) is 2.03. The van der Waals surface area contributed by atoms with Gasteiger partial charge in [0, 0.05) is 24.6 Å². The van der Waals surface area contributed by atoms with E-state index < -0.39 is 0 Å². The number of nitrogens with zero attached hydrogens (tertiary/aromatic N) is 2. The quantitative estimate of drug-likeness (QED) is 0.800. The molecular weight excluding hydrogens is 262 g/mol. The monoisotopic (exact) mass is 279 g/mol. The zero-order valence-corrected chi connectivity index (χ0v) is 12.0. The highest BCUT2D eigenvalue weighted by molar-refractivity contribution is 5.92. The molecule has 0 saturated heterocycles. The van der Waals surface area contributed by atoms with Crippen molar-refractivity contribution in [2.75, 3.05) is 13.7 Å². The third-order valence-electron chi connectivity index (χ3n) is 4.38. The van der Waals surface area contributed by atoms with Gasteiger partial charge in [-0.3, -0.25) is 5.10 Å². The highest BCUT2D eigenvalue weighted by atomic mass is 16.5. The number of aryl methyl sites for hydroxylation is 1. The molecule has 0 bridgehead atoms. The van der Waals surface area contributed by atoms with Gasteiger partial charge in [0.25, 0.3) is 0 Å². The van der Waals surface area contributed by atoms with Crippen molar-refractivity contribution in [3.63, 3.8) is 0 Å². The number of fused-ring (bicyclic) bond motifs is 2. The van der Waals surface area contributed by atoms with Crippen molar-refractivity contribution in [3.05, 3.63) is 47.8 Å². The van der Waals surface area contributed by atoms with E-state index in [1.807, 2.05) is 12.4 Å². The number of nitrogens with one attached hydrogen (secondary N) is 1. The normalized spacial score (nSPS) is 17.3. The average molecular weight is 279 g/mol. The molecule has 4 nitrogen and oxygen atoms in total. The predicted octanol–water partition coefficient (Wildman–Crippen LogP) is 3.30. The first kappa shape index (κ1) is 12.5. The summed E-state index contributed by atoms with van der Waals surface area (Å²) < 4.78 is 5.36. The lowest BCUT2D eigenvalue weighted by Crippen LogP contribution is -2.02. The Balaban J connectivity index is 1.83. The lowest BCUT2D eigenvalue weighted by Gasteiger charge is -2.12. The van der Waals surface area contributed by atoms with Gasteiger partial charge in [-0.15, -0.1) is 0 Å². The molecule has 1 atom stereocenters. The van der Waals surface area contributed by atoms with Crippen LogP contribution < -0.4 is 0 Å². The summed E-state index contributed by atoms with van der Waals surface area (Å²) in [5, 5.41) is 8.10. The van der Waals surface area contributed by atoms with Crippen LogP contribution >= 0.6 is 0 Å². The van der Waals surface area contributed by atoms with E-state index >= 15 is 0 Å². The van der Waals surface area contributed by atoms with E-state index in [2.05, 4.69) is 39.4 Å². The summed E-state index contributed by atoms with van der Waals surface area (Å²) in [5.74, 6) is 0.520. The highest BCUT2D eigenvalue weighted by Crippen LogP contribution is 2.37. The van der Waals surface area contributed by atoms with Gasteiger partial charge in [0.1, 0.15) is 0 Å². The fourth-order valence-corrected chi connectivity index (χ4v) is 3.33. The molecule has 0 aliphatic heterocycles. The first-order valence-corrected chi connectivity index (χ1v) is 7.27. The van der Waals surface area contributed by atoms with Gasteiger partial charge in [-0.1, -0.05) is 18.2 Å². The van der Waals surface area contributed by atoms with Gasteiger partial charge in [-0.2, -0.15) is 5.10 Å². The predicted molar refractivity (Wildman–Crippen MR) is 82.3 cm³/mol. The Bertz CT molecular complexity index is 792. The summed E-state index contributed by atoms with van der Waals surface area (Å²) in [4.78, 5) is 4.31. The number of aromatic amines is 1. The largest absolute Gasteiger partial charge is 0.384 e. The molecule has 0 fully saturated rings. The van der Waals surface area contributed by atoms with E-state index in [0.717, 1.165) is 24.1 Å². The first-order chi connectivity index (χ1) is 10.4. The molecule has 4 rings (SSSR count). The molecule has 0 amide bonds. The minimum atomic E-state index is 0.520. The number of hydrogen-bond acceptors (Lipinski definition) is 3. The molecule has 1 N–H and O–H groups in total. The summed E-state index contributed by atoms with van der Waals surface area (Å²) in [6, 6.07) is 8.83. The SMILES string of the molecule is COCC1CCc2ccc(-c3ccnc4[nH]ncc34)cc21. The number of hydrogen-bond donors (Lipinski definition) is 1. The molecule has 4 heteroatoms. The second kappa shape index (κ2) is 4.97. The maximum atomic E-state index is 5.36. The average Bonchev–Trinajstić information content (AvgIpc) is 3.14. The summed E-state index contributed by atoms with van der Waals surface area (Å²) in [6.45, 7) is 0.800. The molecule has 1 aliphatic rings. The Morgan fingerprint density at radius 1 is 1.33 bits per heavy atom. The topological polar surface area (TPSA) is 50.8 Å². The van der Waals surface area contributed by atoms with Crippen LogP contribution in [0.3, 0.4) is 0 Å². The van der Waals surface area contributed by atoms with Crippen molar-refractivity contribution in [1.29, 1.82) is 0 Å². The van der Waals surface area contributed by atoms with Crippen LogP contribution in [-0.4, -0.2) is 28.9 Å². The maximum Gasteiger partial charge on any atom is 0.155 e. The van der Waals surface area contributed by atoms with Gasteiger partial charge in [0.2, 0.25) is 0 Å². The highest BCUT2D eigenvalue weighted by Gasteiger charge is 2.23. The van der Waals surface area contributed by atoms with Crippen LogP contribution in [0.5, 0.6) is 0 Å². The van der Waals surface area contributed by atoms with Crippen LogP contribution in [0.2, 0.25) is 0 Å². The first-order valence-electron chi connectivity index (χ1n) is 7.27. The molecular formula is C17H17N3O. The van der Waals surface area contributed by atoms with Gasteiger partial charge in [-0.05, 0) is 41.2 Å². The molecule has 0 spiro atoms. The van der Waals surface area contributed by atoms with Gasteiger partial charge >= 0.3 is 0 Å². The fraction of sp³-hybridized carbons (Fsp3) is 0.294. The Kier molecular flexibility index (Phi) is 2.97. The minimum absolute atomic E-state index is 0.520. The molecule has 2 heterocycles. The Morgan fingerprint density at radius 3 is 3.19 bits per heavy atom. The lowest BCUT2D eigenvalue weighted by atomic mass is 9.96. The summed E-state index contributed by atoms with van der Waals surface area (Å²) in [5.41, 5.74) is 6.13. The van der Waals surface area contributed by atoms with E-state index in [4.69, 9.17) is 4.74 Å². The number of methoxy groups -OCH3 is 1. The van der Waals surface area contributed by atoms with Gasteiger partial charge in [-0.25, -0.2) is 4.98 Å². The van der Waals surface area contributed by atoms with E-state index in [9.17, 15) is 0 Å². The number of rotatable bonds is 3. The number of aromatic nitrogens is 3. The molecule has 21 heavy (non-hydrogen) atoms. The summed E-state index contributed by atoms with van der Waals surface area (Å²) in [7, 11) is 1.78. The van der Waals surface area contributed by atoms with E-state index in [1.54, 1.807) is 7.11 Å². The van der Waals surface area contributed by atoms with Crippen LogP contribution in [0, 0.1) is 0 Å². The zero-order valence-electron chi connectivity index (χ0n) is 12.0. The maximum absolute atomic E-state index is 5.36. The summed E-state index contributed by atoms with van der Waals surface area (Å²) >= 11 is 0. The Labute approximate surface area is 123 Å². The molecule has 1 aliphatic carbocycles. The van der Waals surface area contributed by atoms with Crippen LogP contribution in [-0.2, 0) is 11.2 Å². The standard InChI is InChI=1S/C17H17N3O/c1-21-10-13-5-3-11-2-4-12(8-15(11)13)14-6-7-18-17-16(14)9-19-20-17/h2,4,6-9,13H,3,5,10H2,1H3,(H,18,19,20). The molecule has 0 saturated carbocycles. The number of benzene rings is 1. The molecule has 106 valence electrons. The van der Waals surface area contributed by atoms with Crippen molar-refractivity contribution < 1.29 is 4.74 Å². The molecule has 1 unspecified atom stereocenters. The molecule has 0 radical (unpaired) electrons. The Hall–Kier alpha value is -2.20. The number of pyridine rings is 1. The van der Waals surface area contributed by atoms with Gasteiger partial charge in [0.15, 0.2) is 5.65 Å². The van der Waals surface area contributed by atoms with E-state index in [-0.39, 0.29) is 0 Å². The van der Waals surface area contributed by atoms with Crippen LogP contribution in [0.1, 0.15) is 23.5 Å².